The van der Waals surface area contributed by atoms with Gasteiger partial charge in [0, 0.05) is 14.7 Å². The Balaban J connectivity index is 2.12. The summed E-state index contributed by atoms with van der Waals surface area (Å²) < 4.78 is 0. The van der Waals surface area contributed by atoms with E-state index in [0.717, 1.165) is 10.5 Å². The fourth-order valence-corrected chi connectivity index (χ4v) is 4.01. The van der Waals surface area contributed by atoms with Gasteiger partial charge in [0.2, 0.25) is 0 Å². The van der Waals surface area contributed by atoms with E-state index in [-0.39, 0.29) is 0 Å². The van der Waals surface area contributed by atoms with Crippen molar-refractivity contribution in [3.8, 4) is 20.9 Å². The van der Waals surface area contributed by atoms with E-state index in [2.05, 4.69) is 66.4 Å². The molecular weight excluding hydrogens is 312 g/mol. The van der Waals surface area contributed by atoms with Crippen LogP contribution in [0.5, 0.6) is 0 Å². The zero-order chi connectivity index (χ0) is 14.7. The maximum absolute atomic E-state index is 4.16. The van der Waals surface area contributed by atoms with Gasteiger partial charge in [-0.15, -0.1) is 22.7 Å². The third-order valence-electron chi connectivity index (χ3n) is 3.09. The topological polar surface area (TPSA) is 0 Å². The van der Waals surface area contributed by atoms with Gasteiger partial charge in [0.05, 0.1) is 0 Å². The monoisotopic (exact) mass is 326 g/mol. The van der Waals surface area contributed by atoms with Gasteiger partial charge >= 0.3 is 0 Å². The summed E-state index contributed by atoms with van der Waals surface area (Å²) in [5, 5.41) is 6.05. The number of hydrogen-bond donors (Lipinski definition) is 0. The predicted octanol–water partition coefficient (Wildman–Crippen LogP) is 6.99. The SMILES string of the molecule is C=CSC(=C)c1cc(-c2cccs2)cc(-c2cccs2)c1. The van der Waals surface area contributed by atoms with Crippen LogP contribution in [-0.4, -0.2) is 0 Å². The molecule has 0 fully saturated rings. The molecule has 1 aromatic carbocycles. The van der Waals surface area contributed by atoms with E-state index >= 15 is 0 Å². The highest BCUT2D eigenvalue weighted by Gasteiger charge is 2.08. The van der Waals surface area contributed by atoms with Crippen molar-refractivity contribution in [1.82, 2.24) is 0 Å². The normalized spacial score (nSPS) is 10.5. The molecule has 0 aliphatic rings. The Morgan fingerprint density at radius 2 is 1.52 bits per heavy atom. The summed E-state index contributed by atoms with van der Waals surface area (Å²) in [5.41, 5.74) is 3.66. The van der Waals surface area contributed by atoms with Crippen LogP contribution >= 0.6 is 34.4 Å². The molecule has 0 unspecified atom stereocenters. The zero-order valence-corrected chi connectivity index (χ0v) is 13.9. The van der Waals surface area contributed by atoms with Gasteiger partial charge in [-0.1, -0.05) is 37.1 Å². The minimum absolute atomic E-state index is 1.03. The second kappa shape index (κ2) is 6.48. The molecule has 2 aromatic heterocycles. The average molecular weight is 327 g/mol. The lowest BCUT2D eigenvalue weighted by atomic mass is 10.0. The summed E-state index contributed by atoms with van der Waals surface area (Å²) in [5.74, 6) is 0. The fraction of sp³-hybridized carbons (Fsp3) is 0. The molecule has 3 heteroatoms. The zero-order valence-electron chi connectivity index (χ0n) is 11.4. The molecule has 0 nitrogen and oxygen atoms in total. The maximum Gasteiger partial charge on any atom is 0.0343 e. The van der Waals surface area contributed by atoms with E-state index in [1.807, 2.05) is 5.41 Å². The molecule has 0 bridgehead atoms. The largest absolute Gasteiger partial charge is 0.144 e. The summed E-state index contributed by atoms with van der Waals surface area (Å²) in [6.45, 7) is 7.94. The first-order valence-electron chi connectivity index (χ1n) is 6.47. The number of rotatable bonds is 5. The molecule has 0 atom stereocenters. The van der Waals surface area contributed by atoms with Crippen molar-refractivity contribution in [2.75, 3.05) is 0 Å². The van der Waals surface area contributed by atoms with E-state index in [9.17, 15) is 0 Å². The standard InChI is InChI=1S/C18H14S3/c1-3-19-13(2)14-10-15(17-6-4-8-20-17)12-16(11-14)18-7-5-9-21-18/h3-12H,1-2H2. The quantitative estimate of drug-likeness (QED) is 0.487. The Kier molecular flexibility index (Phi) is 4.44. The Hall–Kier alpha value is -1.55. The highest BCUT2D eigenvalue weighted by molar-refractivity contribution is 8.10. The van der Waals surface area contributed by atoms with Crippen molar-refractivity contribution in [3.63, 3.8) is 0 Å². The highest BCUT2D eigenvalue weighted by atomic mass is 32.2. The first-order valence-corrected chi connectivity index (χ1v) is 9.11. The summed E-state index contributed by atoms with van der Waals surface area (Å²) in [4.78, 5) is 3.60. The van der Waals surface area contributed by atoms with Gasteiger partial charge in [-0.05, 0) is 63.2 Å². The van der Waals surface area contributed by atoms with Gasteiger partial charge in [0.1, 0.15) is 0 Å². The molecule has 0 N–H and O–H groups in total. The Labute approximate surface area is 137 Å². The van der Waals surface area contributed by atoms with Crippen molar-refractivity contribution in [2.24, 2.45) is 0 Å². The first-order chi connectivity index (χ1) is 10.3. The minimum atomic E-state index is 1.03. The number of hydrogen-bond acceptors (Lipinski definition) is 3. The van der Waals surface area contributed by atoms with Crippen LogP contribution in [0.15, 0.2) is 71.8 Å². The second-order valence-electron chi connectivity index (χ2n) is 4.46. The number of thioether (sulfide) groups is 1. The molecule has 0 aliphatic heterocycles. The van der Waals surface area contributed by atoms with Gasteiger partial charge in [-0.25, -0.2) is 0 Å². The fourth-order valence-electron chi connectivity index (χ4n) is 2.13. The lowest BCUT2D eigenvalue weighted by molar-refractivity contribution is 1.64. The summed E-state index contributed by atoms with van der Waals surface area (Å²) >= 11 is 5.10. The van der Waals surface area contributed by atoms with Crippen LogP contribution in [0.25, 0.3) is 25.8 Å². The van der Waals surface area contributed by atoms with Crippen LogP contribution in [0.2, 0.25) is 0 Å². The lowest BCUT2D eigenvalue weighted by Crippen LogP contribution is -1.84. The smallest absolute Gasteiger partial charge is 0.0343 e. The third kappa shape index (κ3) is 3.21. The molecule has 2 heterocycles. The van der Waals surface area contributed by atoms with Crippen LogP contribution in [0, 0.1) is 0 Å². The minimum Gasteiger partial charge on any atom is -0.144 e. The number of benzene rings is 1. The van der Waals surface area contributed by atoms with Gasteiger partial charge in [0.25, 0.3) is 0 Å². The summed E-state index contributed by atoms with van der Waals surface area (Å²) in [6.07, 6.45) is 0. The average Bonchev–Trinajstić information content (AvgIpc) is 3.20. The van der Waals surface area contributed by atoms with Crippen molar-refractivity contribution in [1.29, 1.82) is 0 Å². The van der Waals surface area contributed by atoms with Crippen molar-refractivity contribution < 1.29 is 0 Å². The van der Waals surface area contributed by atoms with Gasteiger partial charge in [-0.3, -0.25) is 0 Å². The maximum atomic E-state index is 4.16. The van der Waals surface area contributed by atoms with Crippen LogP contribution < -0.4 is 0 Å². The molecule has 0 radical (unpaired) electrons. The highest BCUT2D eigenvalue weighted by Crippen LogP contribution is 2.36. The Morgan fingerprint density at radius 3 is 1.95 bits per heavy atom. The molecule has 3 rings (SSSR count). The predicted molar refractivity (Wildman–Crippen MR) is 99.9 cm³/mol. The molecule has 0 spiro atoms. The molecule has 0 saturated carbocycles. The summed E-state index contributed by atoms with van der Waals surface area (Å²) in [7, 11) is 0. The molecule has 0 saturated heterocycles. The Morgan fingerprint density at radius 1 is 0.952 bits per heavy atom. The van der Waals surface area contributed by atoms with E-state index in [1.165, 1.54) is 20.9 Å². The molecule has 104 valence electrons. The lowest BCUT2D eigenvalue weighted by Gasteiger charge is -2.09. The molecule has 0 amide bonds. The van der Waals surface area contributed by atoms with Crippen LogP contribution in [0.1, 0.15) is 5.56 Å². The van der Waals surface area contributed by atoms with E-state index in [0.29, 0.717) is 0 Å². The van der Waals surface area contributed by atoms with Crippen molar-refractivity contribution in [2.45, 2.75) is 0 Å². The molecular formula is C18H14S3. The number of thiophene rings is 2. The third-order valence-corrected chi connectivity index (χ3v) is 5.62. The van der Waals surface area contributed by atoms with E-state index in [1.54, 1.807) is 34.4 Å². The van der Waals surface area contributed by atoms with Crippen LogP contribution in [-0.2, 0) is 0 Å². The second-order valence-corrected chi connectivity index (χ2v) is 7.42. The van der Waals surface area contributed by atoms with Gasteiger partial charge in [-0.2, -0.15) is 0 Å². The summed E-state index contributed by atoms with van der Waals surface area (Å²) in [6, 6.07) is 15.2. The first kappa shape index (κ1) is 14.4. The van der Waals surface area contributed by atoms with Gasteiger partial charge < -0.3 is 0 Å². The van der Waals surface area contributed by atoms with Gasteiger partial charge in [0.15, 0.2) is 0 Å². The Bertz CT molecular complexity index is 697. The van der Waals surface area contributed by atoms with Crippen molar-refractivity contribution >= 4 is 39.3 Å². The van der Waals surface area contributed by atoms with Crippen LogP contribution in [0.3, 0.4) is 0 Å². The molecule has 3 aromatic rings. The van der Waals surface area contributed by atoms with E-state index < -0.39 is 0 Å². The molecule has 0 aliphatic carbocycles. The van der Waals surface area contributed by atoms with E-state index in [4.69, 9.17) is 0 Å². The van der Waals surface area contributed by atoms with Crippen LogP contribution in [0.4, 0.5) is 0 Å². The van der Waals surface area contributed by atoms with Crippen molar-refractivity contribution in [3.05, 3.63) is 77.4 Å². The molecule has 21 heavy (non-hydrogen) atoms.